The van der Waals surface area contributed by atoms with E-state index >= 15 is 0 Å². The zero-order valence-electron chi connectivity index (χ0n) is 19.3. The molecule has 2 aliphatic rings. The number of nitrogens with zero attached hydrogens (tertiary/aromatic N) is 4. The van der Waals surface area contributed by atoms with Crippen molar-refractivity contribution in [2.75, 3.05) is 26.2 Å². The van der Waals surface area contributed by atoms with Crippen LogP contribution in [-0.4, -0.2) is 57.9 Å². The molecular formula is C27H22F2N4O3. The lowest BCUT2D eigenvalue weighted by Crippen LogP contribution is -2.50. The highest BCUT2D eigenvalue weighted by Crippen LogP contribution is 2.41. The molecule has 182 valence electrons. The number of pyridine rings is 1. The van der Waals surface area contributed by atoms with Crippen molar-refractivity contribution in [3.05, 3.63) is 83.1 Å². The lowest BCUT2D eigenvalue weighted by molar-refractivity contribution is 0.0536. The summed E-state index contributed by atoms with van der Waals surface area (Å²) in [6.45, 7) is 1.18. The minimum atomic E-state index is -1.06. The SMILES string of the molecule is O=C(c1ccc(F)c(F)c1)N1CCN(C(=O)c2cc(C3CC3)nc3onc(-c4ccccc4)c23)CC1. The lowest BCUT2D eigenvalue weighted by Gasteiger charge is -2.35. The van der Waals surface area contributed by atoms with E-state index in [4.69, 9.17) is 4.52 Å². The summed E-state index contributed by atoms with van der Waals surface area (Å²) in [6.07, 6.45) is 2.05. The fourth-order valence-corrected chi connectivity index (χ4v) is 4.61. The maximum absolute atomic E-state index is 13.8. The highest BCUT2D eigenvalue weighted by atomic mass is 19.2. The molecule has 6 rings (SSSR count). The third-order valence-electron chi connectivity index (χ3n) is 6.76. The van der Waals surface area contributed by atoms with Crippen LogP contribution in [0.4, 0.5) is 8.78 Å². The van der Waals surface area contributed by atoms with Crippen LogP contribution in [0, 0.1) is 11.6 Å². The van der Waals surface area contributed by atoms with E-state index in [2.05, 4.69) is 10.1 Å². The fourth-order valence-electron chi connectivity index (χ4n) is 4.61. The number of hydrogen-bond donors (Lipinski definition) is 0. The Labute approximate surface area is 205 Å². The van der Waals surface area contributed by atoms with Crippen molar-refractivity contribution >= 4 is 22.9 Å². The number of hydrogen-bond acceptors (Lipinski definition) is 5. The molecule has 0 radical (unpaired) electrons. The molecule has 1 saturated heterocycles. The van der Waals surface area contributed by atoms with Gasteiger partial charge in [-0.2, -0.15) is 0 Å². The van der Waals surface area contributed by atoms with E-state index < -0.39 is 17.5 Å². The third-order valence-corrected chi connectivity index (χ3v) is 6.76. The van der Waals surface area contributed by atoms with Gasteiger partial charge in [0.1, 0.15) is 5.69 Å². The van der Waals surface area contributed by atoms with Gasteiger partial charge >= 0.3 is 0 Å². The zero-order chi connectivity index (χ0) is 24.8. The Balaban J connectivity index is 1.27. The number of amides is 2. The second-order valence-electron chi connectivity index (χ2n) is 9.16. The zero-order valence-corrected chi connectivity index (χ0v) is 19.3. The van der Waals surface area contributed by atoms with E-state index in [1.807, 2.05) is 36.4 Å². The standard InChI is InChI=1S/C27H22F2N4O3/c28-20-9-8-18(14-21(20)29)26(34)32-10-12-33(13-11-32)27(35)19-15-22(16-6-7-16)30-25-23(19)24(31-36-25)17-4-2-1-3-5-17/h1-5,8-9,14-16H,6-7,10-13H2. The summed E-state index contributed by atoms with van der Waals surface area (Å²) in [5.74, 6) is -2.32. The summed E-state index contributed by atoms with van der Waals surface area (Å²) in [5, 5.41) is 4.82. The first-order valence-electron chi connectivity index (χ1n) is 11.9. The molecule has 1 aliphatic heterocycles. The predicted octanol–water partition coefficient (Wildman–Crippen LogP) is 4.64. The highest BCUT2D eigenvalue weighted by Gasteiger charge is 2.32. The van der Waals surface area contributed by atoms with Gasteiger partial charge in [0, 0.05) is 48.9 Å². The average molecular weight is 488 g/mol. The Morgan fingerprint density at radius 2 is 1.56 bits per heavy atom. The van der Waals surface area contributed by atoms with Crippen molar-refractivity contribution in [3.8, 4) is 11.3 Å². The van der Waals surface area contributed by atoms with E-state index in [9.17, 15) is 18.4 Å². The molecule has 3 heterocycles. The quantitative estimate of drug-likeness (QED) is 0.418. The molecule has 0 bridgehead atoms. The molecular weight excluding hydrogens is 466 g/mol. The highest BCUT2D eigenvalue weighted by molar-refractivity contribution is 6.09. The van der Waals surface area contributed by atoms with Gasteiger partial charge in [-0.15, -0.1) is 0 Å². The van der Waals surface area contributed by atoms with Crippen molar-refractivity contribution in [2.24, 2.45) is 0 Å². The minimum absolute atomic E-state index is 0.0792. The first-order chi connectivity index (χ1) is 17.5. The van der Waals surface area contributed by atoms with E-state index in [0.29, 0.717) is 41.4 Å². The van der Waals surface area contributed by atoms with Crippen LogP contribution in [0.15, 0.2) is 59.1 Å². The normalized spacial score (nSPS) is 15.9. The molecule has 36 heavy (non-hydrogen) atoms. The molecule has 0 unspecified atom stereocenters. The first-order valence-corrected chi connectivity index (χ1v) is 11.9. The summed E-state index contributed by atoms with van der Waals surface area (Å²) in [4.78, 5) is 34.4. The number of carbonyl (C=O) groups excluding carboxylic acids is 2. The second kappa shape index (κ2) is 8.82. The molecule has 0 atom stereocenters. The number of carbonyl (C=O) groups is 2. The second-order valence-corrected chi connectivity index (χ2v) is 9.16. The van der Waals surface area contributed by atoms with Gasteiger partial charge in [0.15, 0.2) is 11.6 Å². The van der Waals surface area contributed by atoms with Gasteiger partial charge in [-0.3, -0.25) is 9.59 Å². The summed E-state index contributed by atoms with van der Waals surface area (Å²) in [7, 11) is 0. The maximum atomic E-state index is 13.8. The van der Waals surface area contributed by atoms with Gasteiger partial charge in [0.2, 0.25) is 0 Å². The Hall–Kier alpha value is -4.14. The number of rotatable bonds is 4. The van der Waals surface area contributed by atoms with E-state index in [-0.39, 0.29) is 24.6 Å². The Bertz CT molecular complexity index is 1480. The van der Waals surface area contributed by atoms with Crippen molar-refractivity contribution in [2.45, 2.75) is 18.8 Å². The van der Waals surface area contributed by atoms with Crippen molar-refractivity contribution in [1.29, 1.82) is 0 Å². The average Bonchev–Trinajstić information content (AvgIpc) is 3.68. The fraction of sp³-hybridized carbons (Fsp3) is 0.259. The molecule has 0 spiro atoms. The molecule has 1 aliphatic carbocycles. The van der Waals surface area contributed by atoms with Crippen molar-refractivity contribution in [3.63, 3.8) is 0 Å². The molecule has 7 nitrogen and oxygen atoms in total. The number of benzene rings is 2. The maximum Gasteiger partial charge on any atom is 0.259 e. The van der Waals surface area contributed by atoms with E-state index in [1.165, 1.54) is 6.07 Å². The third kappa shape index (κ3) is 4.00. The molecule has 9 heteroatoms. The van der Waals surface area contributed by atoms with Gasteiger partial charge < -0.3 is 14.3 Å². The van der Waals surface area contributed by atoms with Gasteiger partial charge in [0.05, 0.1) is 10.9 Å². The van der Waals surface area contributed by atoms with Crippen LogP contribution in [0.25, 0.3) is 22.4 Å². The summed E-state index contributed by atoms with van der Waals surface area (Å²) >= 11 is 0. The minimum Gasteiger partial charge on any atom is -0.335 e. The van der Waals surface area contributed by atoms with Crippen LogP contribution in [-0.2, 0) is 0 Å². The molecule has 2 amide bonds. The van der Waals surface area contributed by atoms with Gasteiger partial charge in [-0.1, -0.05) is 35.5 Å². The Morgan fingerprint density at radius 1 is 0.861 bits per heavy atom. The molecule has 2 fully saturated rings. The van der Waals surface area contributed by atoms with Gasteiger partial charge in [0.25, 0.3) is 17.5 Å². The van der Waals surface area contributed by atoms with Crippen molar-refractivity contribution < 1.29 is 22.9 Å². The molecule has 0 N–H and O–H groups in total. The van der Waals surface area contributed by atoms with E-state index in [1.54, 1.807) is 9.80 Å². The van der Waals surface area contributed by atoms with Crippen molar-refractivity contribution in [1.82, 2.24) is 19.9 Å². The smallest absolute Gasteiger partial charge is 0.259 e. The lowest BCUT2D eigenvalue weighted by atomic mass is 10.0. The Kier molecular flexibility index (Phi) is 5.47. The molecule has 2 aromatic heterocycles. The number of aromatic nitrogens is 2. The largest absolute Gasteiger partial charge is 0.335 e. The van der Waals surface area contributed by atoms with Gasteiger partial charge in [-0.25, -0.2) is 13.8 Å². The number of piperazine rings is 1. The van der Waals surface area contributed by atoms with Crippen LogP contribution >= 0.6 is 0 Å². The first kappa shape index (κ1) is 22.3. The number of halogens is 2. The molecule has 2 aromatic carbocycles. The summed E-state index contributed by atoms with van der Waals surface area (Å²) < 4.78 is 32.4. The molecule has 4 aromatic rings. The predicted molar refractivity (Wildman–Crippen MR) is 127 cm³/mol. The van der Waals surface area contributed by atoms with Crippen LogP contribution in [0.1, 0.15) is 45.2 Å². The topological polar surface area (TPSA) is 79.5 Å². The van der Waals surface area contributed by atoms with Gasteiger partial charge in [-0.05, 0) is 37.1 Å². The number of fused-ring (bicyclic) bond motifs is 1. The van der Waals surface area contributed by atoms with Crippen LogP contribution in [0.5, 0.6) is 0 Å². The molecule has 1 saturated carbocycles. The summed E-state index contributed by atoms with van der Waals surface area (Å²) in [5.41, 5.74) is 3.13. The van der Waals surface area contributed by atoms with E-state index in [0.717, 1.165) is 36.2 Å². The van der Waals surface area contributed by atoms with Crippen LogP contribution in [0.3, 0.4) is 0 Å². The van der Waals surface area contributed by atoms with Crippen LogP contribution < -0.4 is 0 Å². The summed E-state index contributed by atoms with van der Waals surface area (Å²) in [6, 6.07) is 14.5. The van der Waals surface area contributed by atoms with Crippen LogP contribution in [0.2, 0.25) is 0 Å². The Morgan fingerprint density at radius 3 is 2.22 bits per heavy atom. The monoisotopic (exact) mass is 488 g/mol.